The van der Waals surface area contributed by atoms with Crippen molar-refractivity contribution < 1.29 is 26.3 Å². The number of likely N-dealkylation sites (tertiary alicyclic amines) is 1. The van der Waals surface area contributed by atoms with Gasteiger partial charge in [0.2, 0.25) is 0 Å². The Kier molecular flexibility index (Phi) is 6.17. The van der Waals surface area contributed by atoms with Gasteiger partial charge in [-0.3, -0.25) is 4.72 Å². The number of alkyl halides is 3. The number of nitrogens with one attached hydrogen (secondary N) is 1. The molecule has 172 valence electrons. The summed E-state index contributed by atoms with van der Waals surface area (Å²) in [5, 5.41) is 1.01. The lowest BCUT2D eigenvalue weighted by atomic mass is 10.1. The summed E-state index contributed by atoms with van der Waals surface area (Å²) in [6.45, 7) is 3.11. The topological polar surface area (TPSA) is 71.0 Å². The summed E-state index contributed by atoms with van der Waals surface area (Å²) < 4.78 is 79.1. The standard InChI is InChI=1S/C21H22F3N3O3S2/c1-13-10-16-18(25-31-13)4-3-5-20(16)32(28,29)26-14-6-7-17(21(22,23)24)19(11-14)30-15-8-9-27(2)12-15/h3-7,10-11,13,15,26H,8-9,12H2,1-2H3/t13-,15+/m1/s1. The van der Waals surface area contributed by atoms with Gasteiger partial charge in [-0.05, 0) is 56.6 Å². The number of likely N-dealkylation sites (N-methyl/N-ethyl adjacent to an activating group) is 1. The highest BCUT2D eigenvalue weighted by atomic mass is 32.2. The first-order valence-electron chi connectivity index (χ1n) is 9.97. The third-order valence-corrected chi connectivity index (χ3v) is 7.44. The van der Waals surface area contributed by atoms with Crippen LogP contribution in [0.15, 0.2) is 45.7 Å². The third kappa shape index (κ3) is 4.89. The molecule has 32 heavy (non-hydrogen) atoms. The molecule has 0 aromatic heterocycles. The van der Waals surface area contributed by atoms with Crippen LogP contribution in [0.4, 0.5) is 18.9 Å². The highest BCUT2D eigenvalue weighted by Gasteiger charge is 2.36. The largest absolute Gasteiger partial charge is 0.488 e. The van der Waals surface area contributed by atoms with Crippen LogP contribution >= 0.6 is 11.9 Å². The van der Waals surface area contributed by atoms with Gasteiger partial charge in [-0.1, -0.05) is 12.1 Å². The SMILES string of the molecule is C[C@@H]1C=c2c(S(=O)(=O)Nc3ccc(C(F)(F)F)c(O[C@H]4CCN(C)C4)c3)cccc2=NS1. The average Bonchev–Trinajstić information content (AvgIpc) is 3.11. The van der Waals surface area contributed by atoms with Crippen molar-refractivity contribution in [2.45, 2.75) is 35.8 Å². The number of anilines is 1. The van der Waals surface area contributed by atoms with Gasteiger partial charge in [0.1, 0.15) is 11.9 Å². The number of fused-ring (bicyclic) bond motifs is 1. The van der Waals surface area contributed by atoms with Gasteiger partial charge in [0.25, 0.3) is 10.0 Å². The van der Waals surface area contributed by atoms with E-state index in [4.69, 9.17) is 4.74 Å². The Morgan fingerprint density at radius 3 is 2.72 bits per heavy atom. The summed E-state index contributed by atoms with van der Waals surface area (Å²) in [6, 6.07) is 7.78. The molecule has 2 atom stereocenters. The summed E-state index contributed by atoms with van der Waals surface area (Å²) in [7, 11) is -2.21. The Morgan fingerprint density at radius 1 is 1.25 bits per heavy atom. The van der Waals surface area contributed by atoms with E-state index in [1.165, 1.54) is 18.0 Å². The molecule has 1 N–H and O–H groups in total. The van der Waals surface area contributed by atoms with E-state index in [9.17, 15) is 21.6 Å². The molecular weight excluding hydrogens is 463 g/mol. The van der Waals surface area contributed by atoms with Gasteiger partial charge >= 0.3 is 6.18 Å². The Balaban J connectivity index is 1.69. The van der Waals surface area contributed by atoms with Crippen LogP contribution in [-0.4, -0.2) is 44.8 Å². The molecule has 2 aromatic rings. The second-order valence-electron chi connectivity index (χ2n) is 7.86. The van der Waals surface area contributed by atoms with Crippen LogP contribution in [0.2, 0.25) is 0 Å². The molecule has 2 aliphatic heterocycles. The number of sulfonamides is 1. The zero-order chi connectivity index (χ0) is 23.1. The van der Waals surface area contributed by atoms with Crippen molar-refractivity contribution in [2.75, 3.05) is 24.9 Å². The summed E-state index contributed by atoms with van der Waals surface area (Å²) >= 11 is 1.33. The van der Waals surface area contributed by atoms with E-state index in [2.05, 4.69) is 9.12 Å². The Hall–Kier alpha value is -2.24. The number of hydrogen-bond donors (Lipinski definition) is 1. The van der Waals surface area contributed by atoms with Gasteiger partial charge in [-0.25, -0.2) is 12.8 Å². The quantitative estimate of drug-likeness (QED) is 0.660. The molecule has 0 saturated carbocycles. The molecule has 0 unspecified atom stereocenters. The maximum atomic E-state index is 13.5. The lowest BCUT2D eigenvalue weighted by Crippen LogP contribution is -2.35. The van der Waals surface area contributed by atoms with Crippen molar-refractivity contribution in [1.29, 1.82) is 0 Å². The first-order chi connectivity index (χ1) is 15.0. The molecule has 0 amide bonds. The van der Waals surface area contributed by atoms with Crippen molar-refractivity contribution in [3.8, 4) is 5.75 Å². The van der Waals surface area contributed by atoms with Crippen molar-refractivity contribution in [3.05, 3.63) is 52.5 Å². The molecule has 6 nitrogen and oxygen atoms in total. The number of halogens is 3. The van der Waals surface area contributed by atoms with Gasteiger partial charge in [-0.15, -0.1) is 0 Å². The van der Waals surface area contributed by atoms with E-state index >= 15 is 0 Å². The summed E-state index contributed by atoms with van der Waals surface area (Å²) in [5.41, 5.74) is -0.947. The van der Waals surface area contributed by atoms with Crippen LogP contribution in [0, 0.1) is 0 Å². The lowest BCUT2D eigenvalue weighted by Gasteiger charge is -2.20. The molecule has 2 aliphatic rings. The molecule has 2 heterocycles. The number of rotatable bonds is 5. The Bertz CT molecular complexity index is 1250. The highest BCUT2D eigenvalue weighted by Crippen LogP contribution is 2.39. The van der Waals surface area contributed by atoms with Gasteiger partial charge in [0.05, 0.1) is 21.5 Å². The van der Waals surface area contributed by atoms with E-state index in [1.807, 2.05) is 18.9 Å². The minimum absolute atomic E-state index is 0.00513. The molecule has 0 radical (unpaired) electrons. The molecule has 0 bridgehead atoms. The average molecular weight is 486 g/mol. The Morgan fingerprint density at radius 2 is 2.03 bits per heavy atom. The van der Waals surface area contributed by atoms with Gasteiger partial charge in [0.15, 0.2) is 0 Å². The van der Waals surface area contributed by atoms with Crippen molar-refractivity contribution in [2.24, 2.45) is 4.40 Å². The van der Waals surface area contributed by atoms with Gasteiger partial charge in [-0.2, -0.15) is 13.2 Å². The van der Waals surface area contributed by atoms with Crippen LogP contribution in [0.25, 0.3) is 6.08 Å². The van der Waals surface area contributed by atoms with Crippen molar-refractivity contribution in [3.63, 3.8) is 0 Å². The number of hydrogen-bond acceptors (Lipinski definition) is 6. The van der Waals surface area contributed by atoms with E-state index < -0.39 is 27.9 Å². The molecule has 1 fully saturated rings. The normalized spacial score (nSPS) is 21.4. The highest BCUT2D eigenvalue weighted by molar-refractivity contribution is 7.98. The number of benzene rings is 2. The lowest BCUT2D eigenvalue weighted by molar-refractivity contribution is -0.139. The van der Waals surface area contributed by atoms with E-state index in [0.717, 1.165) is 24.7 Å². The molecule has 0 spiro atoms. The fraction of sp³-hybridized carbons (Fsp3) is 0.381. The molecule has 4 rings (SSSR count). The van der Waals surface area contributed by atoms with E-state index in [0.29, 0.717) is 23.5 Å². The summed E-state index contributed by atoms with van der Waals surface area (Å²) in [5.74, 6) is -0.389. The van der Waals surface area contributed by atoms with Crippen LogP contribution in [0.3, 0.4) is 0 Å². The second kappa shape index (κ2) is 8.60. The number of nitrogens with zero attached hydrogens (tertiary/aromatic N) is 2. The maximum absolute atomic E-state index is 13.5. The zero-order valence-electron chi connectivity index (χ0n) is 17.4. The summed E-state index contributed by atoms with van der Waals surface area (Å²) in [6.07, 6.45) is -2.63. The fourth-order valence-corrected chi connectivity index (χ4v) is 5.62. The maximum Gasteiger partial charge on any atom is 0.419 e. The van der Waals surface area contributed by atoms with Crippen LogP contribution in [0.1, 0.15) is 18.9 Å². The van der Waals surface area contributed by atoms with Gasteiger partial charge in [0, 0.05) is 29.6 Å². The zero-order valence-corrected chi connectivity index (χ0v) is 19.0. The predicted octanol–water partition coefficient (Wildman–Crippen LogP) is 3.04. The molecule has 11 heteroatoms. The first-order valence-corrected chi connectivity index (χ1v) is 12.3. The summed E-state index contributed by atoms with van der Waals surface area (Å²) in [4.78, 5) is 1.98. The van der Waals surface area contributed by atoms with Crippen LogP contribution in [0.5, 0.6) is 5.75 Å². The smallest absolute Gasteiger partial charge is 0.419 e. The Labute approximate surface area is 188 Å². The predicted molar refractivity (Wildman–Crippen MR) is 118 cm³/mol. The fourth-order valence-electron chi connectivity index (χ4n) is 3.72. The van der Waals surface area contributed by atoms with Crippen LogP contribution in [-0.2, 0) is 16.2 Å². The van der Waals surface area contributed by atoms with Gasteiger partial charge < -0.3 is 9.64 Å². The second-order valence-corrected chi connectivity index (χ2v) is 10.7. The minimum Gasteiger partial charge on any atom is -0.488 e. The van der Waals surface area contributed by atoms with Crippen molar-refractivity contribution >= 4 is 33.7 Å². The minimum atomic E-state index is -4.62. The monoisotopic (exact) mass is 485 g/mol. The molecule has 1 saturated heterocycles. The van der Waals surface area contributed by atoms with Crippen LogP contribution < -0.4 is 20.0 Å². The molecule has 2 aromatic carbocycles. The third-order valence-electron chi connectivity index (χ3n) is 5.23. The van der Waals surface area contributed by atoms with E-state index in [1.54, 1.807) is 18.2 Å². The molecular formula is C21H22F3N3O3S2. The first kappa shape index (κ1) is 22.9. The molecule has 0 aliphatic carbocycles. The number of ether oxygens (including phenoxy) is 1. The van der Waals surface area contributed by atoms with Crippen molar-refractivity contribution in [1.82, 2.24) is 4.90 Å². The van der Waals surface area contributed by atoms with E-state index in [-0.39, 0.29) is 21.6 Å².